The van der Waals surface area contributed by atoms with Crippen molar-refractivity contribution in [1.82, 2.24) is 0 Å². The Morgan fingerprint density at radius 2 is 1.11 bits per heavy atom. The van der Waals surface area contributed by atoms with Crippen LogP contribution < -0.4 is 0 Å². The van der Waals surface area contributed by atoms with Crippen molar-refractivity contribution in [3.05, 3.63) is 125 Å². The van der Waals surface area contributed by atoms with Crippen LogP contribution in [0.15, 0.2) is 103 Å². The Hall–Kier alpha value is -3.12. The molecule has 0 fully saturated rings. The van der Waals surface area contributed by atoms with E-state index in [-0.39, 0.29) is 5.41 Å². The third-order valence-electron chi connectivity index (χ3n) is 6.01. The van der Waals surface area contributed by atoms with E-state index >= 15 is 0 Å². The van der Waals surface area contributed by atoms with Crippen LogP contribution >= 0.6 is 0 Å². The van der Waals surface area contributed by atoms with Crippen LogP contribution in [-0.4, -0.2) is 0 Å². The summed E-state index contributed by atoms with van der Waals surface area (Å²) in [7, 11) is 0. The van der Waals surface area contributed by atoms with E-state index < -0.39 is 0 Å². The molecule has 0 atom stereocenters. The zero-order chi connectivity index (χ0) is 18.4. The van der Waals surface area contributed by atoms with Gasteiger partial charge in [0.25, 0.3) is 0 Å². The van der Waals surface area contributed by atoms with Crippen LogP contribution in [0.2, 0.25) is 0 Å². The van der Waals surface area contributed by atoms with Gasteiger partial charge in [-0.1, -0.05) is 97.1 Å². The minimum atomic E-state index is -0.216. The van der Waals surface area contributed by atoms with E-state index in [0.29, 0.717) is 0 Å². The molecule has 0 N–H and O–H groups in total. The van der Waals surface area contributed by atoms with Crippen LogP contribution in [0.5, 0.6) is 0 Å². The summed E-state index contributed by atoms with van der Waals surface area (Å²) in [6.45, 7) is 4.25. The molecule has 0 saturated carbocycles. The molecule has 1 spiro atoms. The second-order valence-corrected chi connectivity index (χ2v) is 7.20. The highest BCUT2D eigenvalue weighted by atomic mass is 14.5. The molecule has 27 heavy (non-hydrogen) atoms. The first-order valence-corrected chi connectivity index (χ1v) is 9.63. The van der Waals surface area contributed by atoms with Crippen LogP contribution in [-0.2, 0) is 5.41 Å². The summed E-state index contributed by atoms with van der Waals surface area (Å²) < 4.78 is 0. The van der Waals surface area contributed by atoms with E-state index in [1.165, 1.54) is 44.5 Å². The average molecular weight is 346 g/mol. The van der Waals surface area contributed by atoms with Crippen LogP contribution in [0, 0.1) is 0 Å². The lowest BCUT2D eigenvalue weighted by molar-refractivity contribution is 0.793. The standard InChI is InChI=1S/C27H22/c1-3-5-12-19-20-13-6-9-16-24(20)27(23(19)4-2)25-17-10-7-14-21(25)22-15-8-11-18-26(22)27/h3-18H,1-2H3/b5-3-,19-12+,23-4+. The monoisotopic (exact) mass is 346 g/mol. The number of hydrogen-bond acceptors (Lipinski definition) is 0. The Labute approximate surface area is 161 Å². The zero-order valence-electron chi connectivity index (χ0n) is 15.7. The second kappa shape index (κ2) is 5.96. The second-order valence-electron chi connectivity index (χ2n) is 7.20. The number of fused-ring (bicyclic) bond motifs is 7. The van der Waals surface area contributed by atoms with E-state index in [0.717, 1.165) is 0 Å². The normalized spacial score (nSPS) is 19.0. The Morgan fingerprint density at radius 3 is 1.63 bits per heavy atom. The molecule has 130 valence electrons. The fourth-order valence-electron chi connectivity index (χ4n) is 5.10. The van der Waals surface area contributed by atoms with E-state index in [9.17, 15) is 0 Å². The molecule has 0 heterocycles. The van der Waals surface area contributed by atoms with Crippen LogP contribution in [0.1, 0.15) is 36.1 Å². The van der Waals surface area contributed by atoms with Gasteiger partial charge in [-0.25, -0.2) is 0 Å². The molecule has 0 unspecified atom stereocenters. The average Bonchev–Trinajstić information content (AvgIpc) is 3.18. The molecule has 0 nitrogen and oxygen atoms in total. The highest BCUT2D eigenvalue weighted by Crippen LogP contribution is 2.63. The van der Waals surface area contributed by atoms with E-state index in [4.69, 9.17) is 0 Å². The minimum absolute atomic E-state index is 0.216. The van der Waals surface area contributed by atoms with Crippen molar-refractivity contribution >= 4 is 5.57 Å². The third kappa shape index (κ3) is 1.93. The summed E-state index contributed by atoms with van der Waals surface area (Å²) in [4.78, 5) is 0. The number of rotatable bonds is 1. The van der Waals surface area contributed by atoms with Gasteiger partial charge in [-0.05, 0) is 58.4 Å². The van der Waals surface area contributed by atoms with Gasteiger partial charge >= 0.3 is 0 Å². The Balaban J connectivity index is 1.98. The fraction of sp³-hybridized carbons (Fsp3) is 0.111. The molecule has 3 aromatic carbocycles. The van der Waals surface area contributed by atoms with Gasteiger partial charge in [0.2, 0.25) is 0 Å². The lowest BCUT2D eigenvalue weighted by Crippen LogP contribution is -2.25. The molecule has 0 amide bonds. The van der Waals surface area contributed by atoms with Gasteiger partial charge < -0.3 is 0 Å². The van der Waals surface area contributed by atoms with Crippen molar-refractivity contribution < 1.29 is 0 Å². The summed E-state index contributed by atoms with van der Waals surface area (Å²) in [5.41, 5.74) is 10.8. The quantitative estimate of drug-likeness (QED) is 0.448. The van der Waals surface area contributed by atoms with Crippen LogP contribution in [0.3, 0.4) is 0 Å². The third-order valence-corrected chi connectivity index (χ3v) is 6.01. The molecule has 2 aliphatic rings. The first-order chi connectivity index (χ1) is 13.3. The smallest absolute Gasteiger partial charge is 0.0722 e. The number of benzene rings is 3. The van der Waals surface area contributed by atoms with Gasteiger partial charge in [-0.3, -0.25) is 0 Å². The van der Waals surface area contributed by atoms with Crippen molar-refractivity contribution in [2.75, 3.05) is 0 Å². The Morgan fingerprint density at radius 1 is 0.630 bits per heavy atom. The summed E-state index contributed by atoms with van der Waals surface area (Å²) in [6, 6.07) is 26.7. The fourth-order valence-corrected chi connectivity index (χ4v) is 5.10. The van der Waals surface area contributed by atoms with Gasteiger partial charge in [0.05, 0.1) is 5.41 Å². The van der Waals surface area contributed by atoms with Crippen molar-refractivity contribution in [2.24, 2.45) is 0 Å². The maximum absolute atomic E-state index is 2.31. The van der Waals surface area contributed by atoms with Crippen molar-refractivity contribution in [1.29, 1.82) is 0 Å². The predicted octanol–water partition coefficient (Wildman–Crippen LogP) is 6.92. The molecule has 0 aliphatic heterocycles. The van der Waals surface area contributed by atoms with Crippen molar-refractivity contribution in [3.8, 4) is 11.1 Å². The lowest BCUT2D eigenvalue weighted by atomic mass is 9.70. The molecular formula is C27H22. The van der Waals surface area contributed by atoms with Gasteiger partial charge in [0.1, 0.15) is 0 Å². The molecule has 2 aliphatic carbocycles. The molecule has 5 rings (SSSR count). The predicted molar refractivity (Wildman–Crippen MR) is 115 cm³/mol. The molecule has 0 aromatic heterocycles. The summed E-state index contributed by atoms with van der Waals surface area (Å²) in [5, 5.41) is 0. The van der Waals surface area contributed by atoms with Gasteiger partial charge in [0, 0.05) is 0 Å². The number of allylic oxidation sites excluding steroid dienone is 6. The SMILES string of the molecule is C\C=C/C=C1/C(=C\C)C2(c3ccccc31)c1ccccc1-c1ccccc12. The minimum Gasteiger partial charge on any atom is -0.0876 e. The maximum Gasteiger partial charge on any atom is 0.0722 e. The Bertz CT molecular complexity index is 1090. The molecule has 0 radical (unpaired) electrons. The van der Waals surface area contributed by atoms with E-state index in [1.807, 2.05) is 0 Å². The maximum atomic E-state index is 2.31. The zero-order valence-corrected chi connectivity index (χ0v) is 15.7. The van der Waals surface area contributed by atoms with Crippen molar-refractivity contribution in [3.63, 3.8) is 0 Å². The van der Waals surface area contributed by atoms with Gasteiger partial charge in [0.15, 0.2) is 0 Å². The molecule has 3 aromatic rings. The van der Waals surface area contributed by atoms with E-state index in [1.54, 1.807) is 0 Å². The van der Waals surface area contributed by atoms with Gasteiger partial charge in [-0.15, -0.1) is 0 Å². The first-order valence-electron chi connectivity index (χ1n) is 9.63. The Kier molecular flexibility index (Phi) is 3.55. The van der Waals surface area contributed by atoms with Crippen molar-refractivity contribution in [2.45, 2.75) is 19.3 Å². The van der Waals surface area contributed by atoms with Crippen LogP contribution in [0.4, 0.5) is 0 Å². The summed E-state index contributed by atoms with van der Waals surface area (Å²) in [5.74, 6) is 0. The topological polar surface area (TPSA) is 0 Å². The highest BCUT2D eigenvalue weighted by molar-refractivity contribution is 6.00. The number of hydrogen-bond donors (Lipinski definition) is 0. The van der Waals surface area contributed by atoms with E-state index in [2.05, 4.69) is 111 Å². The molecular weight excluding hydrogens is 324 g/mol. The summed E-state index contributed by atoms with van der Waals surface area (Å²) >= 11 is 0. The largest absolute Gasteiger partial charge is 0.0876 e. The lowest BCUT2D eigenvalue weighted by Gasteiger charge is -2.30. The van der Waals surface area contributed by atoms with Crippen LogP contribution in [0.25, 0.3) is 16.7 Å². The molecule has 0 bridgehead atoms. The first kappa shape index (κ1) is 16.1. The van der Waals surface area contributed by atoms with Gasteiger partial charge in [-0.2, -0.15) is 0 Å². The highest BCUT2D eigenvalue weighted by Gasteiger charge is 2.52. The molecule has 0 saturated heterocycles. The molecule has 0 heteroatoms. The summed E-state index contributed by atoms with van der Waals surface area (Å²) in [6.07, 6.45) is 8.84.